The van der Waals surface area contributed by atoms with Crippen molar-refractivity contribution < 1.29 is 0 Å². The largest absolute Gasteiger partial charge is 0.355 e. The number of hydrogen-bond donors (Lipinski definition) is 0. The Labute approximate surface area is 83.5 Å². The van der Waals surface area contributed by atoms with Crippen molar-refractivity contribution in [1.82, 2.24) is 4.98 Å². The van der Waals surface area contributed by atoms with Gasteiger partial charge in [0.1, 0.15) is 5.82 Å². The standard InChI is InChI=1S/C10H13ClN2/c11-9-5-4-6-12-10(9)13-7-2-1-3-8-13/h4-6H,1-3,7-8H2. The van der Waals surface area contributed by atoms with Gasteiger partial charge in [-0.05, 0) is 31.4 Å². The van der Waals surface area contributed by atoms with E-state index in [4.69, 9.17) is 11.6 Å². The zero-order chi connectivity index (χ0) is 9.10. The predicted molar refractivity (Wildman–Crippen MR) is 55.3 cm³/mol. The molecule has 0 aromatic carbocycles. The first kappa shape index (κ1) is 8.82. The molecule has 1 aromatic rings. The Morgan fingerprint density at radius 2 is 2.00 bits per heavy atom. The van der Waals surface area contributed by atoms with E-state index in [1.165, 1.54) is 19.3 Å². The summed E-state index contributed by atoms with van der Waals surface area (Å²) in [6.07, 6.45) is 5.65. The number of rotatable bonds is 1. The fourth-order valence-corrected chi connectivity index (χ4v) is 1.96. The van der Waals surface area contributed by atoms with Crippen molar-refractivity contribution >= 4 is 17.4 Å². The van der Waals surface area contributed by atoms with Gasteiger partial charge in [0, 0.05) is 19.3 Å². The van der Waals surface area contributed by atoms with E-state index < -0.39 is 0 Å². The monoisotopic (exact) mass is 196 g/mol. The number of anilines is 1. The average molecular weight is 197 g/mol. The normalized spacial score (nSPS) is 17.5. The molecule has 0 spiro atoms. The molecule has 1 aromatic heterocycles. The molecule has 0 N–H and O–H groups in total. The molecule has 0 amide bonds. The van der Waals surface area contributed by atoms with E-state index in [0.717, 1.165) is 23.9 Å². The molecular weight excluding hydrogens is 184 g/mol. The second kappa shape index (κ2) is 3.97. The summed E-state index contributed by atoms with van der Waals surface area (Å²) in [7, 11) is 0. The van der Waals surface area contributed by atoms with Crippen LogP contribution in [0.25, 0.3) is 0 Å². The molecule has 1 aliphatic heterocycles. The number of nitrogens with zero attached hydrogens (tertiary/aromatic N) is 2. The van der Waals surface area contributed by atoms with Gasteiger partial charge < -0.3 is 4.90 Å². The molecule has 1 fully saturated rings. The molecule has 2 nitrogen and oxygen atoms in total. The van der Waals surface area contributed by atoms with E-state index in [1.807, 2.05) is 12.1 Å². The minimum atomic E-state index is 0.768. The molecule has 2 heterocycles. The molecule has 0 atom stereocenters. The summed E-state index contributed by atoms with van der Waals surface area (Å²) in [5, 5.41) is 0.768. The lowest BCUT2D eigenvalue weighted by atomic mass is 10.1. The van der Waals surface area contributed by atoms with Crippen LogP contribution in [0, 0.1) is 0 Å². The van der Waals surface area contributed by atoms with Crippen LogP contribution in [-0.4, -0.2) is 18.1 Å². The molecular formula is C10H13ClN2. The van der Waals surface area contributed by atoms with Gasteiger partial charge in [-0.3, -0.25) is 0 Å². The molecule has 1 aliphatic rings. The summed E-state index contributed by atoms with van der Waals surface area (Å²) in [5.41, 5.74) is 0. The van der Waals surface area contributed by atoms with Crippen LogP contribution in [0.3, 0.4) is 0 Å². The Balaban J connectivity index is 2.18. The Kier molecular flexibility index (Phi) is 2.69. The van der Waals surface area contributed by atoms with Crippen molar-refractivity contribution in [3.8, 4) is 0 Å². The van der Waals surface area contributed by atoms with E-state index in [0.29, 0.717) is 0 Å². The zero-order valence-electron chi connectivity index (χ0n) is 7.54. The highest BCUT2D eigenvalue weighted by atomic mass is 35.5. The van der Waals surface area contributed by atoms with Gasteiger partial charge in [-0.25, -0.2) is 4.98 Å². The van der Waals surface area contributed by atoms with Crippen molar-refractivity contribution in [2.24, 2.45) is 0 Å². The third-order valence-electron chi connectivity index (χ3n) is 2.39. The summed E-state index contributed by atoms with van der Waals surface area (Å²) >= 11 is 6.05. The van der Waals surface area contributed by atoms with Gasteiger partial charge >= 0.3 is 0 Å². The molecule has 0 aliphatic carbocycles. The van der Waals surface area contributed by atoms with Crippen LogP contribution < -0.4 is 4.90 Å². The minimum absolute atomic E-state index is 0.768. The summed E-state index contributed by atoms with van der Waals surface area (Å²) in [6.45, 7) is 2.19. The van der Waals surface area contributed by atoms with Crippen LogP contribution in [0.5, 0.6) is 0 Å². The fourth-order valence-electron chi connectivity index (χ4n) is 1.72. The highest BCUT2D eigenvalue weighted by Crippen LogP contribution is 2.24. The molecule has 0 unspecified atom stereocenters. The maximum atomic E-state index is 6.05. The summed E-state index contributed by atoms with van der Waals surface area (Å²) < 4.78 is 0. The molecule has 1 saturated heterocycles. The van der Waals surface area contributed by atoms with Crippen LogP contribution in [0.1, 0.15) is 19.3 Å². The molecule has 2 rings (SSSR count). The second-order valence-electron chi connectivity index (χ2n) is 3.36. The van der Waals surface area contributed by atoms with Crippen molar-refractivity contribution in [1.29, 1.82) is 0 Å². The first-order valence-corrected chi connectivity index (χ1v) is 5.11. The zero-order valence-corrected chi connectivity index (χ0v) is 8.30. The average Bonchev–Trinajstić information content (AvgIpc) is 2.20. The molecule has 70 valence electrons. The van der Waals surface area contributed by atoms with E-state index in [-0.39, 0.29) is 0 Å². The van der Waals surface area contributed by atoms with Gasteiger partial charge in [-0.15, -0.1) is 0 Å². The van der Waals surface area contributed by atoms with Crippen molar-refractivity contribution in [2.45, 2.75) is 19.3 Å². The summed E-state index contributed by atoms with van der Waals surface area (Å²) in [6, 6.07) is 3.77. The highest BCUT2D eigenvalue weighted by molar-refractivity contribution is 6.32. The Morgan fingerprint density at radius 3 is 2.69 bits per heavy atom. The molecule has 0 radical (unpaired) electrons. The Bertz CT molecular complexity index is 282. The lowest BCUT2D eigenvalue weighted by Gasteiger charge is -2.28. The van der Waals surface area contributed by atoms with Crippen molar-refractivity contribution in [3.05, 3.63) is 23.4 Å². The van der Waals surface area contributed by atoms with Crippen LogP contribution >= 0.6 is 11.6 Å². The van der Waals surface area contributed by atoms with Crippen LogP contribution in [0.4, 0.5) is 5.82 Å². The summed E-state index contributed by atoms with van der Waals surface area (Å²) in [4.78, 5) is 6.57. The number of pyridine rings is 1. The van der Waals surface area contributed by atoms with E-state index in [1.54, 1.807) is 6.20 Å². The SMILES string of the molecule is Clc1cccnc1N1CCCCC1. The first-order chi connectivity index (χ1) is 6.38. The minimum Gasteiger partial charge on any atom is -0.355 e. The van der Waals surface area contributed by atoms with Gasteiger partial charge in [0.25, 0.3) is 0 Å². The van der Waals surface area contributed by atoms with Crippen molar-refractivity contribution in [3.63, 3.8) is 0 Å². The van der Waals surface area contributed by atoms with Crippen LogP contribution in [0.15, 0.2) is 18.3 Å². The molecule has 0 bridgehead atoms. The lowest BCUT2D eigenvalue weighted by Crippen LogP contribution is -2.30. The van der Waals surface area contributed by atoms with E-state index in [9.17, 15) is 0 Å². The Hall–Kier alpha value is -0.760. The maximum absolute atomic E-state index is 6.05. The smallest absolute Gasteiger partial charge is 0.147 e. The van der Waals surface area contributed by atoms with Gasteiger partial charge in [0.2, 0.25) is 0 Å². The Morgan fingerprint density at radius 1 is 1.23 bits per heavy atom. The highest BCUT2D eigenvalue weighted by Gasteiger charge is 2.13. The topological polar surface area (TPSA) is 16.1 Å². The van der Waals surface area contributed by atoms with Gasteiger partial charge in [-0.2, -0.15) is 0 Å². The van der Waals surface area contributed by atoms with Crippen LogP contribution in [-0.2, 0) is 0 Å². The molecule has 3 heteroatoms. The van der Waals surface area contributed by atoms with Gasteiger partial charge in [0.05, 0.1) is 5.02 Å². The number of halogens is 1. The van der Waals surface area contributed by atoms with Gasteiger partial charge in [0.15, 0.2) is 0 Å². The van der Waals surface area contributed by atoms with Crippen LogP contribution in [0.2, 0.25) is 5.02 Å². The van der Waals surface area contributed by atoms with E-state index >= 15 is 0 Å². The number of aromatic nitrogens is 1. The predicted octanol–water partition coefficient (Wildman–Crippen LogP) is 2.73. The lowest BCUT2D eigenvalue weighted by molar-refractivity contribution is 0.573. The first-order valence-electron chi connectivity index (χ1n) is 4.73. The third-order valence-corrected chi connectivity index (χ3v) is 2.69. The maximum Gasteiger partial charge on any atom is 0.147 e. The number of piperidine rings is 1. The molecule has 13 heavy (non-hydrogen) atoms. The fraction of sp³-hybridized carbons (Fsp3) is 0.500. The van der Waals surface area contributed by atoms with Crippen molar-refractivity contribution in [2.75, 3.05) is 18.0 Å². The van der Waals surface area contributed by atoms with E-state index in [2.05, 4.69) is 9.88 Å². The molecule has 0 saturated carbocycles. The second-order valence-corrected chi connectivity index (χ2v) is 3.76. The summed E-state index contributed by atoms with van der Waals surface area (Å²) in [5.74, 6) is 0.948. The van der Waals surface area contributed by atoms with Gasteiger partial charge in [-0.1, -0.05) is 11.6 Å². The number of hydrogen-bond acceptors (Lipinski definition) is 2. The third kappa shape index (κ3) is 1.94. The quantitative estimate of drug-likeness (QED) is 0.687.